The predicted octanol–water partition coefficient (Wildman–Crippen LogP) is 2.54. The molecule has 1 N–H and O–H groups in total. The smallest absolute Gasteiger partial charge is 0.341 e. The summed E-state index contributed by atoms with van der Waals surface area (Å²) in [4.78, 5) is 11.3. The van der Waals surface area contributed by atoms with Gasteiger partial charge in [-0.2, -0.15) is 0 Å². The molecule has 5 heteroatoms. The largest absolute Gasteiger partial charge is 0.477 e. The molecular weight excluding hydrogens is 234 g/mol. The average molecular weight is 255 g/mol. The van der Waals surface area contributed by atoms with Gasteiger partial charge >= 0.3 is 5.97 Å². The van der Waals surface area contributed by atoms with Gasteiger partial charge in [0, 0.05) is 20.0 Å². The molecule has 0 bridgehead atoms. The Morgan fingerprint density at radius 3 is 2.56 bits per heavy atom. The molecule has 0 amide bonds. The van der Waals surface area contributed by atoms with Crippen LogP contribution in [0.3, 0.4) is 0 Å². The Kier molecular flexibility index (Phi) is 4.51. The number of hydrogen-bond acceptors (Lipinski definition) is 4. The summed E-state index contributed by atoms with van der Waals surface area (Å²) < 4.78 is 10.5. The summed E-state index contributed by atoms with van der Waals surface area (Å²) in [5.41, 5.74) is 0.176. The molecule has 1 aromatic heterocycles. The molecule has 0 saturated carbocycles. The summed E-state index contributed by atoms with van der Waals surface area (Å²) in [5, 5.41) is 13.2. The van der Waals surface area contributed by atoms with Crippen molar-refractivity contribution in [2.75, 3.05) is 7.11 Å². The number of ether oxygens (including phenoxy) is 1. The van der Waals surface area contributed by atoms with Gasteiger partial charge in [0.05, 0.1) is 5.60 Å². The first-order valence-corrected chi connectivity index (χ1v) is 6.02. The first-order chi connectivity index (χ1) is 8.26. The third-order valence-electron chi connectivity index (χ3n) is 2.79. The van der Waals surface area contributed by atoms with Crippen molar-refractivity contribution in [1.82, 2.24) is 5.16 Å². The van der Waals surface area contributed by atoms with Gasteiger partial charge in [0.2, 0.25) is 0 Å². The summed E-state index contributed by atoms with van der Waals surface area (Å²) in [6.45, 7) is 7.78. The van der Waals surface area contributed by atoms with E-state index in [4.69, 9.17) is 9.26 Å². The van der Waals surface area contributed by atoms with Crippen molar-refractivity contribution in [2.24, 2.45) is 5.92 Å². The number of carbonyl (C=O) groups is 1. The van der Waals surface area contributed by atoms with E-state index in [0.29, 0.717) is 30.2 Å². The lowest BCUT2D eigenvalue weighted by Crippen LogP contribution is -2.26. The van der Waals surface area contributed by atoms with Gasteiger partial charge in [-0.1, -0.05) is 19.0 Å². The fourth-order valence-electron chi connectivity index (χ4n) is 1.71. The molecule has 0 saturated heterocycles. The van der Waals surface area contributed by atoms with Crippen LogP contribution in [0, 0.1) is 5.92 Å². The van der Waals surface area contributed by atoms with E-state index in [1.54, 1.807) is 7.11 Å². The molecule has 0 radical (unpaired) electrons. The number of nitrogens with zero attached hydrogens (tertiary/aromatic N) is 1. The first kappa shape index (κ1) is 14.7. The number of methoxy groups -OCH3 is 1. The second-order valence-electron chi connectivity index (χ2n) is 5.47. The highest BCUT2D eigenvalue weighted by molar-refractivity contribution is 5.90. The maximum atomic E-state index is 11.3. The van der Waals surface area contributed by atoms with Crippen LogP contribution in [0.5, 0.6) is 0 Å². The third kappa shape index (κ3) is 3.57. The van der Waals surface area contributed by atoms with Gasteiger partial charge in [0.15, 0.2) is 5.76 Å². The monoisotopic (exact) mass is 255 g/mol. The Bertz CT molecular complexity index is 421. The quantitative estimate of drug-likeness (QED) is 0.845. The Balaban J connectivity index is 3.06. The molecule has 0 unspecified atom stereocenters. The fraction of sp³-hybridized carbons (Fsp3) is 0.692. The van der Waals surface area contributed by atoms with E-state index in [1.807, 2.05) is 27.7 Å². The Morgan fingerprint density at radius 2 is 2.11 bits per heavy atom. The zero-order valence-electron chi connectivity index (χ0n) is 11.6. The minimum Gasteiger partial charge on any atom is -0.477 e. The molecule has 0 fully saturated rings. The highest BCUT2D eigenvalue weighted by atomic mass is 16.5. The lowest BCUT2D eigenvalue weighted by molar-refractivity contribution is 0.0216. The van der Waals surface area contributed by atoms with Gasteiger partial charge in [0.1, 0.15) is 11.3 Å². The predicted molar refractivity (Wildman–Crippen MR) is 66.8 cm³/mol. The van der Waals surface area contributed by atoms with E-state index in [9.17, 15) is 9.90 Å². The molecule has 1 heterocycles. The second-order valence-corrected chi connectivity index (χ2v) is 5.47. The van der Waals surface area contributed by atoms with Crippen molar-refractivity contribution in [3.8, 4) is 0 Å². The van der Waals surface area contributed by atoms with E-state index in [0.717, 1.165) is 0 Å². The van der Waals surface area contributed by atoms with Gasteiger partial charge in [-0.25, -0.2) is 4.79 Å². The van der Waals surface area contributed by atoms with Crippen molar-refractivity contribution >= 4 is 5.97 Å². The molecular formula is C13H21NO4. The molecule has 0 spiro atoms. The van der Waals surface area contributed by atoms with E-state index >= 15 is 0 Å². The van der Waals surface area contributed by atoms with Crippen molar-refractivity contribution in [3.05, 3.63) is 17.0 Å². The summed E-state index contributed by atoms with van der Waals surface area (Å²) >= 11 is 0. The summed E-state index contributed by atoms with van der Waals surface area (Å²) in [7, 11) is 1.59. The number of carboxylic acid groups (broad SMARTS) is 1. The molecule has 0 aliphatic carbocycles. The maximum Gasteiger partial charge on any atom is 0.341 e. The van der Waals surface area contributed by atoms with Crippen LogP contribution < -0.4 is 0 Å². The van der Waals surface area contributed by atoms with Gasteiger partial charge in [-0.15, -0.1) is 0 Å². The van der Waals surface area contributed by atoms with Crippen molar-refractivity contribution in [3.63, 3.8) is 0 Å². The highest BCUT2D eigenvalue weighted by Crippen LogP contribution is 2.23. The summed E-state index contributed by atoms with van der Waals surface area (Å²) in [6, 6.07) is 0. The van der Waals surface area contributed by atoms with Crippen LogP contribution in [0.1, 0.15) is 49.5 Å². The van der Waals surface area contributed by atoms with Crippen LogP contribution in [0.25, 0.3) is 0 Å². The topological polar surface area (TPSA) is 72.6 Å². The highest BCUT2D eigenvalue weighted by Gasteiger charge is 2.28. The van der Waals surface area contributed by atoms with Gasteiger partial charge < -0.3 is 14.4 Å². The Morgan fingerprint density at radius 1 is 1.50 bits per heavy atom. The standard InChI is InChI=1S/C13H21NO4/c1-8(2)6-10-11(12(15)16)9(14-18-10)7-13(3,4)17-5/h8H,6-7H2,1-5H3,(H,15,16). The zero-order valence-corrected chi connectivity index (χ0v) is 11.6. The van der Waals surface area contributed by atoms with Gasteiger partial charge in [-0.3, -0.25) is 0 Å². The number of hydrogen-bond donors (Lipinski definition) is 1. The molecule has 1 rings (SSSR count). The van der Waals surface area contributed by atoms with Crippen molar-refractivity contribution in [2.45, 2.75) is 46.1 Å². The minimum atomic E-state index is -0.992. The lowest BCUT2D eigenvalue weighted by Gasteiger charge is -2.21. The molecule has 0 aromatic carbocycles. The van der Waals surface area contributed by atoms with E-state index in [2.05, 4.69) is 5.16 Å². The van der Waals surface area contributed by atoms with Crippen molar-refractivity contribution < 1.29 is 19.2 Å². The SMILES string of the molecule is COC(C)(C)Cc1noc(CC(C)C)c1C(=O)O. The molecule has 0 aliphatic heterocycles. The summed E-state index contributed by atoms with van der Waals surface area (Å²) in [5.74, 6) is -0.229. The van der Waals surface area contributed by atoms with E-state index in [-0.39, 0.29) is 5.56 Å². The Hall–Kier alpha value is -1.36. The maximum absolute atomic E-state index is 11.3. The molecule has 18 heavy (non-hydrogen) atoms. The van der Waals surface area contributed by atoms with Crippen LogP contribution >= 0.6 is 0 Å². The van der Waals surface area contributed by atoms with E-state index in [1.165, 1.54) is 0 Å². The minimum absolute atomic E-state index is 0.189. The molecule has 5 nitrogen and oxygen atoms in total. The van der Waals surface area contributed by atoms with Crippen molar-refractivity contribution in [1.29, 1.82) is 0 Å². The number of carboxylic acids is 1. The number of rotatable bonds is 6. The Labute approximate surface area is 107 Å². The third-order valence-corrected chi connectivity index (χ3v) is 2.79. The van der Waals surface area contributed by atoms with Crippen LogP contribution in [0.4, 0.5) is 0 Å². The fourth-order valence-corrected chi connectivity index (χ4v) is 1.71. The van der Waals surface area contributed by atoms with Crippen LogP contribution in [0.15, 0.2) is 4.52 Å². The number of aromatic nitrogens is 1. The first-order valence-electron chi connectivity index (χ1n) is 6.02. The second kappa shape index (κ2) is 5.52. The molecule has 0 atom stereocenters. The van der Waals surface area contributed by atoms with Crippen LogP contribution in [-0.4, -0.2) is 28.9 Å². The molecule has 0 aliphatic rings. The van der Waals surface area contributed by atoms with Gasteiger partial charge in [0.25, 0.3) is 0 Å². The molecule has 1 aromatic rings. The molecule has 102 valence electrons. The normalized spacial score (nSPS) is 12.1. The van der Waals surface area contributed by atoms with E-state index < -0.39 is 11.6 Å². The average Bonchev–Trinajstić information content (AvgIpc) is 2.59. The lowest BCUT2D eigenvalue weighted by atomic mass is 9.97. The summed E-state index contributed by atoms with van der Waals surface area (Å²) in [6.07, 6.45) is 0.981. The van der Waals surface area contributed by atoms with Gasteiger partial charge in [-0.05, 0) is 19.8 Å². The van der Waals surface area contributed by atoms with Crippen LogP contribution in [-0.2, 0) is 17.6 Å². The van der Waals surface area contributed by atoms with Crippen LogP contribution in [0.2, 0.25) is 0 Å². The number of aromatic carboxylic acids is 1. The zero-order chi connectivity index (χ0) is 13.9.